The fourth-order valence-electron chi connectivity index (χ4n) is 9.91. The van der Waals surface area contributed by atoms with Crippen molar-refractivity contribution in [3.63, 3.8) is 0 Å². The second-order valence-corrected chi connectivity index (χ2v) is 16.3. The fraction of sp³-hybridized carbons (Fsp3) is 0.972. The van der Waals surface area contributed by atoms with E-state index in [2.05, 4.69) is 27.7 Å². The molecule has 0 saturated carbocycles. The smallest absolute Gasteiger partial charge is 0.308 e. The minimum Gasteiger partial charge on any atom is -0.481 e. The highest BCUT2D eigenvalue weighted by atomic mass is 16.7. The summed E-state index contributed by atoms with van der Waals surface area (Å²) in [6.07, 6.45) is 2.99. The van der Waals surface area contributed by atoms with Crippen LogP contribution in [0.2, 0.25) is 0 Å². The van der Waals surface area contributed by atoms with Gasteiger partial charge in [0.1, 0.15) is 0 Å². The first kappa shape index (κ1) is 37.4. The van der Waals surface area contributed by atoms with Gasteiger partial charge >= 0.3 is 5.97 Å². The molecule has 0 radical (unpaired) electrons. The predicted molar refractivity (Wildman–Crippen MR) is 172 cm³/mol. The van der Waals surface area contributed by atoms with Crippen molar-refractivity contribution >= 4 is 5.97 Å². The van der Waals surface area contributed by atoms with Crippen molar-refractivity contribution in [2.75, 3.05) is 13.7 Å². The summed E-state index contributed by atoms with van der Waals surface area (Å²) in [5.41, 5.74) is -1.15. The number of hydrogen-bond acceptors (Lipinski definition) is 10. The van der Waals surface area contributed by atoms with Crippen molar-refractivity contribution < 1.29 is 53.6 Å². The van der Waals surface area contributed by atoms with Crippen LogP contribution in [0.15, 0.2) is 0 Å². The summed E-state index contributed by atoms with van der Waals surface area (Å²) < 4.78 is 39.4. The van der Waals surface area contributed by atoms with Gasteiger partial charge in [-0.05, 0) is 64.2 Å². The summed E-state index contributed by atoms with van der Waals surface area (Å²) in [7, 11) is 1.52. The summed E-state index contributed by atoms with van der Waals surface area (Å²) in [4.78, 5) is 11.8. The first-order valence-electron chi connectivity index (χ1n) is 18.1. The van der Waals surface area contributed by atoms with Crippen molar-refractivity contribution in [3.8, 4) is 0 Å². The normalized spacial score (nSPS) is 50.9. The molecule has 0 amide bonds. The van der Waals surface area contributed by atoms with Crippen LogP contribution in [0.5, 0.6) is 0 Å². The molecular weight excluding hydrogens is 608 g/mol. The third-order valence-electron chi connectivity index (χ3n) is 13.0. The standard InChI is InChI=1S/C36H62O11/c1-10-34(31-20(3)16-26(43-31)28-19(2)15-21(4)36(41,18-37)46-28)12-11-27(44-34)33(8)13-14-35(47-33)17-25(38)22(5)30(45-35)23(6)29(42-9)24(7)32(39)40/h19-31,37-38,41H,10-18H2,1-9H3,(H,39,40)/t19-,20-,21+,22+,23-,24+,25-,26+,27+,28-,29+,30-,31+,33-,34?,35+,36-/m1/s1. The zero-order valence-electron chi connectivity index (χ0n) is 30.0. The van der Waals surface area contributed by atoms with E-state index in [4.69, 9.17) is 28.4 Å². The Labute approximate surface area is 281 Å². The van der Waals surface area contributed by atoms with E-state index >= 15 is 0 Å². The fourth-order valence-corrected chi connectivity index (χ4v) is 9.91. The molecule has 1 unspecified atom stereocenters. The maximum atomic E-state index is 11.8. The highest BCUT2D eigenvalue weighted by Gasteiger charge is 2.62. The van der Waals surface area contributed by atoms with Crippen molar-refractivity contribution in [3.05, 3.63) is 0 Å². The van der Waals surface area contributed by atoms with Gasteiger partial charge in [-0.2, -0.15) is 0 Å². The molecule has 4 N–H and O–H groups in total. The zero-order valence-corrected chi connectivity index (χ0v) is 30.0. The van der Waals surface area contributed by atoms with E-state index in [1.165, 1.54) is 7.11 Å². The van der Waals surface area contributed by atoms with E-state index in [1.807, 2.05) is 20.8 Å². The van der Waals surface area contributed by atoms with Crippen LogP contribution < -0.4 is 0 Å². The Balaban J connectivity index is 1.29. The summed E-state index contributed by atoms with van der Waals surface area (Å²) in [5.74, 6) is -4.52. The second kappa shape index (κ2) is 13.7. The number of ether oxygens (including phenoxy) is 6. The molecule has 0 aliphatic carbocycles. The molecule has 5 saturated heterocycles. The Morgan fingerprint density at radius 3 is 2.34 bits per heavy atom. The quantitative estimate of drug-likeness (QED) is 0.264. The molecule has 0 aromatic rings. The molecule has 0 aromatic heterocycles. The van der Waals surface area contributed by atoms with Crippen LogP contribution in [0.25, 0.3) is 0 Å². The van der Waals surface area contributed by atoms with E-state index in [9.17, 15) is 25.2 Å². The third kappa shape index (κ3) is 6.67. The second-order valence-electron chi connectivity index (χ2n) is 16.3. The molecule has 11 nitrogen and oxygen atoms in total. The van der Waals surface area contributed by atoms with E-state index in [1.54, 1.807) is 6.92 Å². The number of aliphatic carboxylic acids is 1. The minimum absolute atomic E-state index is 0.153. The van der Waals surface area contributed by atoms with Gasteiger partial charge in [0.25, 0.3) is 0 Å². The number of aliphatic hydroxyl groups excluding tert-OH is 2. The highest BCUT2D eigenvalue weighted by molar-refractivity contribution is 5.70. The lowest BCUT2D eigenvalue weighted by atomic mass is 9.78. The number of aliphatic hydroxyl groups is 3. The highest BCUT2D eigenvalue weighted by Crippen LogP contribution is 2.55. The van der Waals surface area contributed by atoms with Gasteiger partial charge in [0, 0.05) is 37.7 Å². The van der Waals surface area contributed by atoms with E-state index in [-0.39, 0.29) is 54.0 Å². The maximum Gasteiger partial charge on any atom is 0.308 e. The molecule has 5 heterocycles. The molecule has 0 aromatic carbocycles. The minimum atomic E-state index is -1.56. The van der Waals surface area contributed by atoms with Gasteiger partial charge in [0.2, 0.25) is 0 Å². The van der Waals surface area contributed by atoms with E-state index in [0.717, 1.165) is 32.1 Å². The number of hydrogen-bond donors (Lipinski definition) is 4. The SMILES string of the molecule is CCC1([C@H]2O[C@H]([C@@H]3O[C@](O)(CO)[C@@H](C)C[C@H]3C)C[C@H]2C)CC[C@@H]([C@@]2(C)CC[C@@]3(C[C@@H](O)[C@H](C)[C@H]([C@H](C)[C@H](OC)[C@H](C)C(=O)O)O3)O2)O1. The average molecular weight is 671 g/mol. The number of carbonyl (C=O) groups is 1. The maximum absolute atomic E-state index is 11.8. The number of carboxylic acid groups (broad SMARTS) is 1. The molecule has 0 bridgehead atoms. The first-order valence-corrected chi connectivity index (χ1v) is 18.1. The molecule has 47 heavy (non-hydrogen) atoms. The van der Waals surface area contributed by atoms with Crippen LogP contribution >= 0.6 is 0 Å². The molecule has 5 aliphatic rings. The zero-order chi connectivity index (χ0) is 34.7. The molecule has 272 valence electrons. The first-order chi connectivity index (χ1) is 22.0. The van der Waals surface area contributed by atoms with Crippen molar-refractivity contribution in [1.82, 2.24) is 0 Å². The van der Waals surface area contributed by atoms with Crippen molar-refractivity contribution in [1.29, 1.82) is 0 Å². The van der Waals surface area contributed by atoms with Crippen molar-refractivity contribution in [2.24, 2.45) is 35.5 Å². The summed E-state index contributed by atoms with van der Waals surface area (Å²) in [6.45, 7) is 15.6. The van der Waals surface area contributed by atoms with E-state index < -0.39 is 59.6 Å². The number of rotatable bonds is 10. The van der Waals surface area contributed by atoms with E-state index in [0.29, 0.717) is 19.3 Å². The topological polar surface area (TPSA) is 153 Å². The van der Waals surface area contributed by atoms with Gasteiger partial charge < -0.3 is 48.8 Å². The van der Waals surface area contributed by atoms with Gasteiger partial charge in [-0.15, -0.1) is 0 Å². The molecule has 17 atom stereocenters. The largest absolute Gasteiger partial charge is 0.481 e. The molecule has 1 spiro atoms. The molecule has 5 fully saturated rings. The number of methoxy groups -OCH3 is 1. The van der Waals surface area contributed by atoms with Gasteiger partial charge in [0.15, 0.2) is 11.6 Å². The Bertz CT molecular complexity index is 1110. The van der Waals surface area contributed by atoms with Gasteiger partial charge in [0.05, 0.1) is 66.5 Å². The lowest BCUT2D eigenvalue weighted by Crippen LogP contribution is -2.57. The Hall–Kier alpha value is -0.890. The average Bonchev–Trinajstić information content (AvgIpc) is 3.73. The summed E-state index contributed by atoms with van der Waals surface area (Å²) in [5, 5.41) is 41.8. The Kier molecular flexibility index (Phi) is 10.9. The summed E-state index contributed by atoms with van der Waals surface area (Å²) in [6, 6.07) is 0. The molecule has 5 aliphatic heterocycles. The lowest BCUT2D eigenvalue weighted by molar-refractivity contribution is -0.336. The van der Waals surface area contributed by atoms with Crippen LogP contribution in [0.3, 0.4) is 0 Å². The van der Waals surface area contributed by atoms with Crippen LogP contribution in [0.1, 0.15) is 107 Å². The van der Waals surface area contributed by atoms with Gasteiger partial charge in [-0.3, -0.25) is 4.79 Å². The third-order valence-corrected chi connectivity index (χ3v) is 13.0. The van der Waals surface area contributed by atoms with Gasteiger partial charge in [-0.25, -0.2) is 0 Å². The molecular formula is C36H62O11. The Morgan fingerprint density at radius 1 is 1.02 bits per heavy atom. The van der Waals surface area contributed by atoms with Crippen LogP contribution in [-0.2, 0) is 33.2 Å². The van der Waals surface area contributed by atoms with Crippen LogP contribution in [0, 0.1) is 35.5 Å². The molecule has 5 rings (SSSR count). The van der Waals surface area contributed by atoms with Crippen LogP contribution in [0.4, 0.5) is 0 Å². The molecule has 11 heteroatoms. The van der Waals surface area contributed by atoms with Crippen LogP contribution in [-0.4, -0.2) is 106 Å². The Morgan fingerprint density at radius 2 is 1.72 bits per heavy atom. The monoisotopic (exact) mass is 670 g/mol. The van der Waals surface area contributed by atoms with Crippen molar-refractivity contribution in [2.45, 2.75) is 172 Å². The summed E-state index contributed by atoms with van der Waals surface area (Å²) >= 11 is 0. The van der Waals surface area contributed by atoms with Gasteiger partial charge in [-0.1, -0.05) is 41.5 Å². The number of carboxylic acids is 1. The lowest BCUT2D eigenvalue weighted by Gasteiger charge is -2.49. The predicted octanol–water partition coefficient (Wildman–Crippen LogP) is 4.27.